The number of esters is 1. The van der Waals surface area contributed by atoms with E-state index in [9.17, 15) is 14.4 Å². The first-order valence-corrected chi connectivity index (χ1v) is 9.72. The minimum atomic E-state index is -0.532. The molecule has 1 aliphatic rings. The molecule has 2 amide bonds. The van der Waals surface area contributed by atoms with Crippen molar-refractivity contribution in [2.75, 3.05) is 13.7 Å². The van der Waals surface area contributed by atoms with Crippen LogP contribution in [0.5, 0.6) is 5.75 Å². The molecule has 1 heterocycles. The lowest BCUT2D eigenvalue weighted by atomic mass is 10.2. The highest BCUT2D eigenvalue weighted by Crippen LogP contribution is 2.38. The number of carbonyl (C=O) groups excluding carboxylic acids is 3. The molecule has 1 aromatic rings. The van der Waals surface area contributed by atoms with Gasteiger partial charge in [0.15, 0.2) is 12.4 Å². The number of imide groups is 1. The molecule has 0 unspecified atom stereocenters. The number of halogens is 2. The topological polar surface area (TPSA) is 72.9 Å². The van der Waals surface area contributed by atoms with Gasteiger partial charge in [-0.05, 0) is 64.8 Å². The van der Waals surface area contributed by atoms with Gasteiger partial charge in [-0.3, -0.25) is 14.5 Å². The van der Waals surface area contributed by atoms with Gasteiger partial charge in [0, 0.05) is 6.04 Å². The number of benzene rings is 1. The van der Waals surface area contributed by atoms with Crippen molar-refractivity contribution in [3.63, 3.8) is 0 Å². The van der Waals surface area contributed by atoms with E-state index in [1.807, 2.05) is 13.8 Å². The second-order valence-corrected chi connectivity index (χ2v) is 7.74. The van der Waals surface area contributed by atoms with Crippen LogP contribution in [0.25, 0.3) is 6.08 Å². The highest BCUT2D eigenvalue weighted by atomic mass is 79.9. The van der Waals surface area contributed by atoms with E-state index in [0.717, 1.165) is 11.8 Å². The van der Waals surface area contributed by atoms with Crippen LogP contribution in [0, 0.1) is 0 Å². The fraction of sp³-hybridized carbons (Fsp3) is 0.353. The maximum atomic E-state index is 12.5. The van der Waals surface area contributed by atoms with Crippen LogP contribution in [-0.4, -0.2) is 41.8 Å². The van der Waals surface area contributed by atoms with Crippen LogP contribution in [-0.2, 0) is 14.3 Å². The summed E-state index contributed by atoms with van der Waals surface area (Å²) >= 11 is 10.4. The van der Waals surface area contributed by atoms with Crippen molar-refractivity contribution in [3.8, 4) is 5.75 Å². The predicted molar refractivity (Wildman–Crippen MR) is 104 cm³/mol. The zero-order valence-electron chi connectivity index (χ0n) is 14.4. The SMILES string of the molecule is CC[C@H](C)N1C(=O)S/C(=C/c2cc(Cl)c(OCC(=O)OC)c(Br)c2)C1=O. The van der Waals surface area contributed by atoms with Gasteiger partial charge >= 0.3 is 5.97 Å². The Labute approximate surface area is 169 Å². The summed E-state index contributed by atoms with van der Waals surface area (Å²) in [5.41, 5.74) is 0.627. The summed E-state index contributed by atoms with van der Waals surface area (Å²) in [6.07, 6.45) is 2.29. The summed E-state index contributed by atoms with van der Waals surface area (Å²) in [5.74, 6) is -0.551. The van der Waals surface area contributed by atoms with Crippen LogP contribution >= 0.6 is 39.3 Å². The van der Waals surface area contributed by atoms with Crippen molar-refractivity contribution in [2.24, 2.45) is 0 Å². The third-order valence-corrected chi connectivity index (χ3v) is 5.49. The summed E-state index contributed by atoms with van der Waals surface area (Å²) in [6, 6.07) is 3.13. The molecule has 6 nitrogen and oxygen atoms in total. The standard InChI is InChI=1S/C17H17BrClNO5S/c1-4-9(2)20-16(22)13(26-17(20)23)7-10-5-11(18)15(12(19)6-10)25-8-14(21)24-3/h5-7,9H,4,8H2,1-3H3/b13-7+/t9-/m0/s1. The van der Waals surface area contributed by atoms with E-state index in [-0.39, 0.29) is 28.8 Å². The lowest BCUT2D eigenvalue weighted by molar-refractivity contribution is -0.142. The molecule has 1 aliphatic heterocycles. The van der Waals surface area contributed by atoms with Crippen LogP contribution in [0.3, 0.4) is 0 Å². The number of nitrogens with zero attached hydrogens (tertiary/aromatic N) is 1. The number of carbonyl (C=O) groups is 3. The Hall–Kier alpha value is -1.51. The third kappa shape index (κ3) is 4.61. The van der Waals surface area contributed by atoms with E-state index in [0.29, 0.717) is 27.1 Å². The number of hydrogen-bond donors (Lipinski definition) is 0. The van der Waals surface area contributed by atoms with Gasteiger partial charge in [-0.1, -0.05) is 18.5 Å². The van der Waals surface area contributed by atoms with Crippen molar-refractivity contribution in [1.29, 1.82) is 0 Å². The summed E-state index contributed by atoms with van der Waals surface area (Å²) in [5, 5.41) is -0.0190. The average Bonchev–Trinajstić information content (AvgIpc) is 2.86. The van der Waals surface area contributed by atoms with Crippen molar-refractivity contribution in [3.05, 3.63) is 32.1 Å². The van der Waals surface area contributed by atoms with Gasteiger partial charge in [-0.25, -0.2) is 4.79 Å². The number of thioether (sulfide) groups is 1. The summed E-state index contributed by atoms with van der Waals surface area (Å²) < 4.78 is 10.4. The highest BCUT2D eigenvalue weighted by Gasteiger charge is 2.37. The Morgan fingerprint density at radius 3 is 2.69 bits per heavy atom. The minimum absolute atomic E-state index is 0.155. The molecule has 2 rings (SSSR count). The second kappa shape index (κ2) is 8.92. The Morgan fingerprint density at radius 2 is 2.12 bits per heavy atom. The van der Waals surface area contributed by atoms with E-state index >= 15 is 0 Å². The van der Waals surface area contributed by atoms with Gasteiger partial charge < -0.3 is 9.47 Å². The van der Waals surface area contributed by atoms with Crippen molar-refractivity contribution in [2.45, 2.75) is 26.3 Å². The molecule has 1 fully saturated rings. The zero-order valence-corrected chi connectivity index (χ0v) is 17.5. The fourth-order valence-electron chi connectivity index (χ4n) is 2.18. The molecule has 1 saturated heterocycles. The van der Waals surface area contributed by atoms with Crippen LogP contribution in [0.1, 0.15) is 25.8 Å². The van der Waals surface area contributed by atoms with Crippen molar-refractivity contribution < 1.29 is 23.9 Å². The first-order chi connectivity index (χ1) is 12.3. The molecule has 26 heavy (non-hydrogen) atoms. The Balaban J connectivity index is 2.25. The molecular formula is C17H17BrClNO5S. The molecule has 0 spiro atoms. The van der Waals surface area contributed by atoms with E-state index in [4.69, 9.17) is 16.3 Å². The second-order valence-electron chi connectivity index (χ2n) is 5.49. The maximum Gasteiger partial charge on any atom is 0.343 e. The van der Waals surface area contributed by atoms with Crippen molar-refractivity contribution in [1.82, 2.24) is 4.90 Å². The lowest BCUT2D eigenvalue weighted by Crippen LogP contribution is -2.36. The van der Waals surface area contributed by atoms with E-state index in [2.05, 4.69) is 20.7 Å². The normalized spacial score (nSPS) is 17.0. The summed E-state index contributed by atoms with van der Waals surface area (Å²) in [6.45, 7) is 3.48. The fourth-order valence-corrected chi connectivity index (χ4v) is 4.10. The first kappa shape index (κ1) is 20.8. The van der Waals surface area contributed by atoms with E-state index < -0.39 is 5.97 Å². The predicted octanol–water partition coefficient (Wildman–Crippen LogP) is 4.49. The summed E-state index contributed by atoms with van der Waals surface area (Å²) in [4.78, 5) is 37.3. The molecule has 0 radical (unpaired) electrons. The number of ether oxygens (including phenoxy) is 2. The van der Waals surface area contributed by atoms with E-state index in [1.165, 1.54) is 12.0 Å². The van der Waals surface area contributed by atoms with Gasteiger partial charge in [0.1, 0.15) is 0 Å². The lowest BCUT2D eigenvalue weighted by Gasteiger charge is -2.19. The number of hydrogen-bond acceptors (Lipinski definition) is 6. The zero-order chi connectivity index (χ0) is 19.4. The number of amides is 2. The molecule has 0 bridgehead atoms. The first-order valence-electron chi connectivity index (χ1n) is 7.74. The van der Waals surface area contributed by atoms with Gasteiger partial charge in [0.25, 0.3) is 11.1 Å². The Bertz CT molecular complexity index is 759. The monoisotopic (exact) mass is 461 g/mol. The quantitative estimate of drug-likeness (QED) is 0.458. The van der Waals surface area contributed by atoms with Gasteiger partial charge in [0.05, 0.1) is 21.5 Å². The highest BCUT2D eigenvalue weighted by molar-refractivity contribution is 9.10. The molecule has 1 atom stereocenters. The number of methoxy groups -OCH3 is 1. The molecule has 9 heteroatoms. The van der Waals surface area contributed by atoms with Crippen LogP contribution in [0.4, 0.5) is 4.79 Å². The molecule has 0 aliphatic carbocycles. The maximum absolute atomic E-state index is 12.5. The van der Waals surface area contributed by atoms with Crippen LogP contribution in [0.15, 0.2) is 21.5 Å². The number of rotatable bonds is 6. The molecule has 0 saturated carbocycles. The van der Waals surface area contributed by atoms with Gasteiger partial charge in [-0.15, -0.1) is 0 Å². The Kier molecular flexibility index (Phi) is 7.14. The van der Waals surface area contributed by atoms with Gasteiger partial charge in [-0.2, -0.15) is 0 Å². The van der Waals surface area contributed by atoms with Crippen LogP contribution in [0.2, 0.25) is 5.02 Å². The smallest absolute Gasteiger partial charge is 0.343 e. The molecule has 0 aromatic heterocycles. The molecule has 0 N–H and O–H groups in total. The molecular weight excluding hydrogens is 446 g/mol. The van der Waals surface area contributed by atoms with Crippen molar-refractivity contribution >= 4 is 62.5 Å². The van der Waals surface area contributed by atoms with E-state index in [1.54, 1.807) is 18.2 Å². The molecule has 140 valence electrons. The van der Waals surface area contributed by atoms with Gasteiger partial charge in [0.2, 0.25) is 0 Å². The Morgan fingerprint density at radius 1 is 1.42 bits per heavy atom. The largest absolute Gasteiger partial charge is 0.479 e. The third-order valence-electron chi connectivity index (χ3n) is 3.74. The molecule has 1 aromatic carbocycles. The summed E-state index contributed by atoms with van der Waals surface area (Å²) in [7, 11) is 1.26. The average molecular weight is 463 g/mol. The van der Waals surface area contributed by atoms with Crippen LogP contribution < -0.4 is 4.74 Å². The minimum Gasteiger partial charge on any atom is -0.479 e.